The fourth-order valence-electron chi connectivity index (χ4n) is 2.34. The number of benzene rings is 1. The predicted molar refractivity (Wildman–Crippen MR) is 103 cm³/mol. The number of hydrogen-bond donors (Lipinski definition) is 2. The van der Waals surface area contributed by atoms with Crippen molar-refractivity contribution in [3.05, 3.63) is 41.5 Å². The lowest BCUT2D eigenvalue weighted by Gasteiger charge is -2.12. The Kier molecular flexibility index (Phi) is 7.00. The predicted octanol–water partition coefficient (Wildman–Crippen LogP) is 2.67. The van der Waals surface area contributed by atoms with Crippen LogP contribution >= 0.6 is 0 Å². The molecule has 0 aliphatic rings. The van der Waals surface area contributed by atoms with E-state index in [2.05, 4.69) is 31.8 Å². The molecule has 7 nitrogen and oxygen atoms in total. The van der Waals surface area contributed by atoms with Crippen molar-refractivity contribution in [3.63, 3.8) is 0 Å². The van der Waals surface area contributed by atoms with Gasteiger partial charge in [-0.3, -0.25) is 0 Å². The first-order chi connectivity index (χ1) is 12.4. The van der Waals surface area contributed by atoms with Crippen molar-refractivity contribution >= 4 is 5.96 Å². The molecule has 0 aliphatic carbocycles. The molecule has 0 unspecified atom stereocenters. The summed E-state index contributed by atoms with van der Waals surface area (Å²) in [4.78, 5) is 8.94. The number of nitrogens with one attached hydrogen (secondary N) is 2. The summed E-state index contributed by atoms with van der Waals surface area (Å²) < 4.78 is 10.7. The quantitative estimate of drug-likeness (QED) is 0.584. The number of para-hydroxylation sites is 1. The Hall–Kier alpha value is -2.57. The lowest BCUT2D eigenvalue weighted by molar-refractivity contribution is 0.318. The van der Waals surface area contributed by atoms with Crippen LogP contribution in [0.4, 0.5) is 0 Å². The van der Waals surface area contributed by atoms with E-state index >= 15 is 0 Å². The monoisotopic (exact) mass is 359 g/mol. The maximum atomic E-state index is 5.38. The Morgan fingerprint density at radius 1 is 1.23 bits per heavy atom. The van der Waals surface area contributed by atoms with Gasteiger partial charge in [-0.25, -0.2) is 4.99 Å². The molecule has 0 saturated heterocycles. The fraction of sp³-hybridized carbons (Fsp3) is 0.526. The molecule has 0 spiro atoms. The summed E-state index contributed by atoms with van der Waals surface area (Å²) in [5.74, 6) is 2.83. The van der Waals surface area contributed by atoms with Gasteiger partial charge in [0.15, 0.2) is 11.8 Å². The largest absolute Gasteiger partial charge is 0.496 e. The highest BCUT2D eigenvalue weighted by Crippen LogP contribution is 2.19. The molecule has 142 valence electrons. The molecule has 0 aliphatic heterocycles. The molecule has 1 aromatic carbocycles. The van der Waals surface area contributed by atoms with Crippen LogP contribution in [0.15, 0.2) is 33.8 Å². The number of hydrogen-bond acceptors (Lipinski definition) is 5. The van der Waals surface area contributed by atoms with Gasteiger partial charge in [-0.05, 0) is 25.0 Å². The van der Waals surface area contributed by atoms with Gasteiger partial charge < -0.3 is 19.9 Å². The van der Waals surface area contributed by atoms with E-state index in [0.717, 1.165) is 36.8 Å². The molecule has 0 atom stereocenters. The lowest BCUT2D eigenvalue weighted by atomic mass is 9.97. The van der Waals surface area contributed by atoms with E-state index in [1.807, 2.05) is 45.9 Å². The second-order valence-electron chi connectivity index (χ2n) is 6.95. The van der Waals surface area contributed by atoms with Gasteiger partial charge in [-0.15, -0.1) is 0 Å². The third-order valence-electron chi connectivity index (χ3n) is 3.71. The molecule has 0 amide bonds. The maximum Gasteiger partial charge on any atom is 0.232 e. The normalized spacial score (nSPS) is 12.1. The van der Waals surface area contributed by atoms with Crippen LogP contribution in [0, 0.1) is 0 Å². The van der Waals surface area contributed by atoms with Crippen LogP contribution in [-0.4, -0.2) is 36.3 Å². The van der Waals surface area contributed by atoms with Gasteiger partial charge in [-0.2, -0.15) is 4.98 Å². The number of methoxy groups -OCH3 is 1. The molecular weight excluding hydrogens is 330 g/mol. The van der Waals surface area contributed by atoms with E-state index in [1.165, 1.54) is 0 Å². The average Bonchev–Trinajstić information content (AvgIpc) is 3.09. The van der Waals surface area contributed by atoms with Crippen LogP contribution in [-0.2, 0) is 18.4 Å². The molecule has 2 aromatic rings. The number of nitrogens with zero attached hydrogens (tertiary/aromatic N) is 3. The Balaban J connectivity index is 1.93. The standard InChI is InChI=1S/C19H29N5O2/c1-6-20-18(21-12-11-14-9-7-8-10-15(14)25-5)22-13-16-23-17(26-24-16)19(2,3)4/h7-10H,6,11-13H2,1-5H3,(H2,20,21,22). The maximum absolute atomic E-state index is 5.38. The van der Waals surface area contributed by atoms with Crippen molar-refractivity contribution in [2.24, 2.45) is 4.99 Å². The molecule has 0 saturated carbocycles. The van der Waals surface area contributed by atoms with Crippen molar-refractivity contribution < 1.29 is 9.26 Å². The Bertz CT molecular complexity index is 719. The highest BCUT2D eigenvalue weighted by molar-refractivity contribution is 5.79. The van der Waals surface area contributed by atoms with Crippen LogP contribution in [0.1, 0.15) is 45.0 Å². The zero-order valence-electron chi connectivity index (χ0n) is 16.3. The molecule has 1 aromatic heterocycles. The van der Waals surface area contributed by atoms with Crippen LogP contribution in [0.3, 0.4) is 0 Å². The Morgan fingerprint density at radius 3 is 2.65 bits per heavy atom. The van der Waals surface area contributed by atoms with E-state index in [9.17, 15) is 0 Å². The number of rotatable bonds is 7. The van der Waals surface area contributed by atoms with Crippen LogP contribution < -0.4 is 15.4 Å². The molecule has 1 heterocycles. The van der Waals surface area contributed by atoms with Gasteiger partial charge in [0.2, 0.25) is 5.89 Å². The Morgan fingerprint density at radius 2 is 2.00 bits per heavy atom. The summed E-state index contributed by atoms with van der Waals surface area (Å²) in [7, 11) is 1.69. The minimum Gasteiger partial charge on any atom is -0.496 e. The van der Waals surface area contributed by atoms with E-state index in [4.69, 9.17) is 9.26 Å². The molecular formula is C19H29N5O2. The molecule has 0 radical (unpaired) electrons. The summed E-state index contributed by atoms with van der Waals surface area (Å²) in [6, 6.07) is 8.02. The topological polar surface area (TPSA) is 84.6 Å². The van der Waals surface area contributed by atoms with Crippen LogP contribution in [0.5, 0.6) is 5.75 Å². The molecule has 2 rings (SSSR count). The van der Waals surface area contributed by atoms with Crippen LogP contribution in [0.2, 0.25) is 0 Å². The zero-order valence-corrected chi connectivity index (χ0v) is 16.3. The fourth-order valence-corrected chi connectivity index (χ4v) is 2.34. The second-order valence-corrected chi connectivity index (χ2v) is 6.95. The number of aliphatic imine (C=N–C) groups is 1. The van der Waals surface area contributed by atoms with Gasteiger partial charge >= 0.3 is 0 Å². The average molecular weight is 359 g/mol. The highest BCUT2D eigenvalue weighted by atomic mass is 16.5. The van der Waals surface area contributed by atoms with Crippen molar-refractivity contribution in [1.29, 1.82) is 0 Å². The lowest BCUT2D eigenvalue weighted by Crippen LogP contribution is -2.38. The molecule has 0 bridgehead atoms. The van der Waals surface area contributed by atoms with E-state index < -0.39 is 0 Å². The van der Waals surface area contributed by atoms with E-state index in [0.29, 0.717) is 18.3 Å². The van der Waals surface area contributed by atoms with Crippen molar-refractivity contribution in [2.75, 3.05) is 20.2 Å². The number of ether oxygens (including phenoxy) is 1. The first-order valence-electron chi connectivity index (χ1n) is 8.91. The summed E-state index contributed by atoms with van der Waals surface area (Å²) >= 11 is 0. The molecule has 7 heteroatoms. The SMILES string of the molecule is CCNC(=NCc1noc(C(C)(C)C)n1)NCCc1ccccc1OC. The molecule has 0 fully saturated rings. The Labute approximate surface area is 155 Å². The summed E-state index contributed by atoms with van der Waals surface area (Å²) in [6.07, 6.45) is 0.838. The summed E-state index contributed by atoms with van der Waals surface area (Å²) in [5, 5.41) is 10.6. The van der Waals surface area contributed by atoms with Gasteiger partial charge in [0.1, 0.15) is 12.3 Å². The van der Waals surface area contributed by atoms with Crippen molar-refractivity contribution in [1.82, 2.24) is 20.8 Å². The van der Waals surface area contributed by atoms with Crippen molar-refractivity contribution in [3.8, 4) is 5.75 Å². The molecule has 2 N–H and O–H groups in total. The minimum absolute atomic E-state index is 0.160. The number of guanidine groups is 1. The zero-order chi connectivity index (χ0) is 19.0. The van der Waals surface area contributed by atoms with E-state index in [1.54, 1.807) is 7.11 Å². The van der Waals surface area contributed by atoms with Crippen LogP contribution in [0.25, 0.3) is 0 Å². The van der Waals surface area contributed by atoms with Gasteiger partial charge in [0.05, 0.1) is 7.11 Å². The highest BCUT2D eigenvalue weighted by Gasteiger charge is 2.21. The third-order valence-corrected chi connectivity index (χ3v) is 3.71. The van der Waals surface area contributed by atoms with Gasteiger partial charge in [0, 0.05) is 18.5 Å². The summed E-state index contributed by atoms with van der Waals surface area (Å²) in [5.41, 5.74) is 0.998. The number of aromatic nitrogens is 2. The van der Waals surface area contributed by atoms with Gasteiger partial charge in [0.25, 0.3) is 0 Å². The first-order valence-corrected chi connectivity index (χ1v) is 8.91. The second kappa shape index (κ2) is 9.22. The summed E-state index contributed by atoms with van der Waals surface area (Å²) in [6.45, 7) is 10.0. The van der Waals surface area contributed by atoms with Gasteiger partial charge in [-0.1, -0.05) is 44.1 Å². The van der Waals surface area contributed by atoms with Crippen molar-refractivity contribution in [2.45, 2.75) is 46.1 Å². The third kappa shape index (κ3) is 5.75. The smallest absolute Gasteiger partial charge is 0.232 e. The minimum atomic E-state index is -0.160. The van der Waals surface area contributed by atoms with E-state index in [-0.39, 0.29) is 5.41 Å². The molecule has 26 heavy (non-hydrogen) atoms. The first kappa shape index (κ1) is 19.8.